The molecule has 0 saturated carbocycles. The van der Waals surface area contributed by atoms with E-state index in [1.165, 1.54) is 99.5 Å². The summed E-state index contributed by atoms with van der Waals surface area (Å²) in [6, 6.07) is 68.3. The molecule has 1 aliphatic heterocycles. The summed E-state index contributed by atoms with van der Waals surface area (Å²) < 4.78 is 4.93. The molecule has 0 bridgehead atoms. The second kappa shape index (κ2) is 10.5. The van der Waals surface area contributed by atoms with Gasteiger partial charge in [0.1, 0.15) is 0 Å². The zero-order chi connectivity index (χ0) is 35.8. The predicted octanol–water partition coefficient (Wildman–Crippen LogP) is 12.9. The van der Waals surface area contributed by atoms with Gasteiger partial charge >= 0.3 is 0 Å². The molecule has 2 aromatic heterocycles. The number of rotatable bonds is 2. The molecule has 0 radical (unpaired) electrons. The summed E-state index contributed by atoms with van der Waals surface area (Å²) in [4.78, 5) is 0. The minimum Gasteiger partial charge on any atom is -0.309 e. The first-order chi connectivity index (χ1) is 26.6. The van der Waals surface area contributed by atoms with Gasteiger partial charge < -0.3 is 9.13 Å². The van der Waals surface area contributed by atoms with Crippen LogP contribution in [-0.2, 0) is 10.8 Å². The summed E-state index contributed by atoms with van der Waals surface area (Å²) in [5.41, 5.74) is 17.3. The number of benzene rings is 8. The van der Waals surface area contributed by atoms with Crippen LogP contribution in [0.4, 0.5) is 0 Å². The monoisotopic (exact) mass is 688 g/mol. The Bertz CT molecular complexity index is 3190. The summed E-state index contributed by atoms with van der Waals surface area (Å²) in [5.74, 6) is 0. The van der Waals surface area contributed by atoms with E-state index in [-0.39, 0.29) is 5.41 Å². The van der Waals surface area contributed by atoms with E-state index in [0.29, 0.717) is 0 Å². The first-order valence-electron chi connectivity index (χ1n) is 19.0. The maximum Gasteiger partial charge on any atom is 0.0748 e. The van der Waals surface area contributed by atoms with Gasteiger partial charge in [0.2, 0.25) is 0 Å². The van der Waals surface area contributed by atoms with E-state index >= 15 is 0 Å². The fraction of sp³-hybridized carbons (Fsp3) is 0.0769. The molecule has 1 atom stereocenters. The minimum absolute atomic E-state index is 0.199. The molecule has 0 amide bonds. The third-order valence-corrected chi connectivity index (χ3v) is 12.8. The first-order valence-corrected chi connectivity index (χ1v) is 19.0. The SMILES string of the molecule is CC1(C)c2ccccc2C2(c3ccccc3-n3c4ccccc4c4cccc2c43)c2cc(-c3ccc4c(c3)c3ccccc3n4-c3ccccc3)ccc21. The third-order valence-electron chi connectivity index (χ3n) is 12.8. The Morgan fingerprint density at radius 1 is 0.352 bits per heavy atom. The van der Waals surface area contributed by atoms with Gasteiger partial charge in [0.25, 0.3) is 0 Å². The minimum atomic E-state index is -0.522. The van der Waals surface area contributed by atoms with Crippen LogP contribution in [0.15, 0.2) is 182 Å². The van der Waals surface area contributed by atoms with Crippen LogP contribution in [0.3, 0.4) is 0 Å². The normalized spacial score (nSPS) is 16.6. The average molecular weight is 689 g/mol. The quantitative estimate of drug-likeness (QED) is 0.171. The molecule has 3 heterocycles. The molecule has 2 aliphatic rings. The Balaban J connectivity index is 1.19. The van der Waals surface area contributed by atoms with Gasteiger partial charge in [0, 0.05) is 32.6 Å². The molecule has 1 aliphatic carbocycles. The van der Waals surface area contributed by atoms with Crippen LogP contribution in [-0.4, -0.2) is 9.13 Å². The van der Waals surface area contributed by atoms with Crippen molar-refractivity contribution in [1.29, 1.82) is 0 Å². The van der Waals surface area contributed by atoms with Crippen LogP contribution in [0.1, 0.15) is 47.2 Å². The highest BCUT2D eigenvalue weighted by Crippen LogP contribution is 2.60. The number of fused-ring (bicyclic) bond motifs is 14. The highest BCUT2D eigenvalue weighted by atomic mass is 15.0. The maximum absolute atomic E-state index is 2.54. The van der Waals surface area contributed by atoms with Gasteiger partial charge in [-0.25, -0.2) is 0 Å². The second-order valence-electron chi connectivity index (χ2n) is 15.7. The fourth-order valence-corrected chi connectivity index (χ4v) is 10.5. The summed E-state index contributed by atoms with van der Waals surface area (Å²) in [6.45, 7) is 4.82. The first kappa shape index (κ1) is 29.9. The van der Waals surface area contributed by atoms with Crippen molar-refractivity contribution in [2.45, 2.75) is 24.7 Å². The molecule has 0 saturated heterocycles. The Morgan fingerprint density at radius 2 is 0.907 bits per heavy atom. The van der Waals surface area contributed by atoms with E-state index in [1.54, 1.807) is 0 Å². The second-order valence-corrected chi connectivity index (χ2v) is 15.7. The number of hydrogen-bond acceptors (Lipinski definition) is 0. The van der Waals surface area contributed by atoms with Crippen molar-refractivity contribution in [3.8, 4) is 22.5 Å². The van der Waals surface area contributed by atoms with Crippen LogP contribution in [0.2, 0.25) is 0 Å². The lowest BCUT2D eigenvalue weighted by Gasteiger charge is -2.50. The molecule has 1 spiro atoms. The molecule has 2 nitrogen and oxygen atoms in total. The Morgan fingerprint density at radius 3 is 1.72 bits per heavy atom. The number of para-hydroxylation sites is 5. The Hall–Kier alpha value is -6.64. The van der Waals surface area contributed by atoms with Crippen LogP contribution in [0.25, 0.3) is 66.1 Å². The molecule has 1 unspecified atom stereocenters. The standard InChI is InChI=1S/C52H36N2/c1-51(2)40-20-8-9-21-42(40)52(43-22-10-13-26-49(43)54-47-25-12-6-17-36(47)38-19-14-23-44(52)50(38)54)45-32-34(27-29-41(45)51)33-28-30-48-39(31-33)37-18-7-11-24-46(37)53(48)35-15-4-3-5-16-35/h3-32H,1-2H3. The molecule has 10 aromatic rings. The number of hydrogen-bond donors (Lipinski definition) is 0. The highest BCUT2D eigenvalue weighted by Gasteiger charge is 2.52. The average Bonchev–Trinajstić information content (AvgIpc) is 3.75. The van der Waals surface area contributed by atoms with E-state index in [0.717, 1.165) is 0 Å². The smallest absolute Gasteiger partial charge is 0.0748 e. The van der Waals surface area contributed by atoms with E-state index in [4.69, 9.17) is 0 Å². The van der Waals surface area contributed by atoms with Crippen molar-refractivity contribution in [2.24, 2.45) is 0 Å². The molecule has 54 heavy (non-hydrogen) atoms. The van der Waals surface area contributed by atoms with Crippen molar-refractivity contribution < 1.29 is 0 Å². The molecule has 12 rings (SSSR count). The van der Waals surface area contributed by atoms with Crippen molar-refractivity contribution in [1.82, 2.24) is 9.13 Å². The van der Waals surface area contributed by atoms with E-state index < -0.39 is 5.41 Å². The molecular weight excluding hydrogens is 653 g/mol. The summed E-state index contributed by atoms with van der Waals surface area (Å²) in [6.07, 6.45) is 0. The summed E-state index contributed by atoms with van der Waals surface area (Å²) >= 11 is 0. The van der Waals surface area contributed by atoms with E-state index in [1.807, 2.05) is 0 Å². The Labute approximate surface area is 314 Å². The van der Waals surface area contributed by atoms with Crippen LogP contribution < -0.4 is 0 Å². The fourth-order valence-electron chi connectivity index (χ4n) is 10.5. The van der Waals surface area contributed by atoms with E-state index in [9.17, 15) is 0 Å². The molecule has 0 N–H and O–H groups in total. The Kier molecular flexibility index (Phi) is 5.81. The topological polar surface area (TPSA) is 9.86 Å². The van der Waals surface area contributed by atoms with Crippen LogP contribution >= 0.6 is 0 Å². The number of aromatic nitrogens is 2. The van der Waals surface area contributed by atoms with Gasteiger partial charge in [0.15, 0.2) is 0 Å². The van der Waals surface area contributed by atoms with Crippen molar-refractivity contribution in [3.05, 3.63) is 215 Å². The van der Waals surface area contributed by atoms with Gasteiger partial charge in [-0.1, -0.05) is 147 Å². The largest absolute Gasteiger partial charge is 0.309 e. The summed E-state index contributed by atoms with van der Waals surface area (Å²) in [7, 11) is 0. The predicted molar refractivity (Wildman–Crippen MR) is 225 cm³/mol. The van der Waals surface area contributed by atoms with Crippen molar-refractivity contribution in [3.63, 3.8) is 0 Å². The molecular formula is C52H36N2. The molecule has 254 valence electrons. The molecule has 8 aromatic carbocycles. The van der Waals surface area contributed by atoms with Crippen LogP contribution in [0, 0.1) is 0 Å². The highest BCUT2D eigenvalue weighted by molar-refractivity contribution is 6.13. The van der Waals surface area contributed by atoms with Gasteiger partial charge in [-0.2, -0.15) is 0 Å². The lowest BCUT2D eigenvalue weighted by Crippen LogP contribution is -2.44. The zero-order valence-corrected chi connectivity index (χ0v) is 30.2. The van der Waals surface area contributed by atoms with Gasteiger partial charge in [-0.05, 0) is 93.0 Å². The van der Waals surface area contributed by atoms with Crippen LogP contribution in [0.5, 0.6) is 0 Å². The van der Waals surface area contributed by atoms with Gasteiger partial charge in [0.05, 0.1) is 33.2 Å². The van der Waals surface area contributed by atoms with Gasteiger partial charge in [-0.15, -0.1) is 0 Å². The van der Waals surface area contributed by atoms with Crippen molar-refractivity contribution >= 4 is 43.6 Å². The third kappa shape index (κ3) is 3.60. The lowest BCUT2D eigenvalue weighted by molar-refractivity contribution is 0.556. The van der Waals surface area contributed by atoms with Gasteiger partial charge in [-0.3, -0.25) is 0 Å². The van der Waals surface area contributed by atoms with E-state index in [2.05, 4.69) is 205 Å². The maximum atomic E-state index is 2.54. The summed E-state index contributed by atoms with van der Waals surface area (Å²) in [5, 5.41) is 5.13. The molecule has 2 heteroatoms. The zero-order valence-electron chi connectivity index (χ0n) is 30.2. The molecule has 0 fully saturated rings. The lowest BCUT2D eigenvalue weighted by atomic mass is 9.53. The number of nitrogens with zero attached hydrogens (tertiary/aromatic N) is 2. The van der Waals surface area contributed by atoms with Crippen molar-refractivity contribution in [2.75, 3.05) is 0 Å².